The molecule has 0 aliphatic carbocycles. The molecule has 1 aromatic carbocycles. The van der Waals surface area contributed by atoms with Gasteiger partial charge in [-0.3, -0.25) is 0 Å². The fourth-order valence-corrected chi connectivity index (χ4v) is 2.44. The van der Waals surface area contributed by atoms with E-state index in [0.717, 1.165) is 0 Å². The quantitative estimate of drug-likeness (QED) is 0.568. The first-order chi connectivity index (χ1) is 4.93. The van der Waals surface area contributed by atoms with Gasteiger partial charge in [-0.1, -0.05) is 37.3 Å². The van der Waals surface area contributed by atoms with Crippen LogP contribution >= 0.6 is 21.2 Å². The van der Waals surface area contributed by atoms with E-state index in [-0.39, 0.29) is 0 Å². The van der Waals surface area contributed by atoms with Gasteiger partial charge in [0.15, 0.2) is 0 Å². The Morgan fingerprint density at radius 3 is 2.50 bits per heavy atom. The maximum atomic E-state index is 2.27. The molecular formula is C9H12I. The van der Waals surface area contributed by atoms with Gasteiger partial charge in [0.2, 0.25) is 0 Å². The van der Waals surface area contributed by atoms with Gasteiger partial charge in [0, 0.05) is 4.43 Å². The molecular weight excluding hydrogens is 235 g/mol. The second-order valence-electron chi connectivity index (χ2n) is 2.08. The SMILES string of the molecule is CC[I]Cc1ccccc1. The van der Waals surface area contributed by atoms with E-state index < -0.39 is 0 Å². The van der Waals surface area contributed by atoms with Crippen molar-refractivity contribution < 1.29 is 0 Å². The van der Waals surface area contributed by atoms with E-state index in [1.54, 1.807) is 0 Å². The standard InChI is InChI=1S/C9H12I/c1-2-10-8-9-6-4-3-5-7-9/h3-7H,2,8H2,1H3. The van der Waals surface area contributed by atoms with Crippen molar-refractivity contribution in [2.24, 2.45) is 0 Å². The molecule has 0 bridgehead atoms. The van der Waals surface area contributed by atoms with E-state index in [2.05, 4.69) is 37.3 Å². The Labute approximate surface area is 72.9 Å². The monoisotopic (exact) mass is 247 g/mol. The normalized spacial score (nSPS) is 9.70. The lowest BCUT2D eigenvalue weighted by molar-refractivity contribution is 1.45. The molecule has 1 heteroatoms. The molecule has 55 valence electrons. The summed E-state index contributed by atoms with van der Waals surface area (Å²) < 4.78 is 2.74. The molecule has 1 aromatic rings. The molecule has 0 atom stereocenters. The molecule has 0 saturated heterocycles. The van der Waals surface area contributed by atoms with Crippen LogP contribution < -0.4 is 0 Å². The molecule has 0 spiro atoms. The second kappa shape index (κ2) is 4.72. The zero-order valence-electron chi connectivity index (χ0n) is 6.18. The molecule has 0 nitrogen and oxygen atoms in total. The molecule has 10 heavy (non-hydrogen) atoms. The highest BCUT2D eigenvalue weighted by molar-refractivity contribution is 14.2. The first-order valence-electron chi connectivity index (χ1n) is 3.51. The van der Waals surface area contributed by atoms with Crippen LogP contribution in [0.1, 0.15) is 12.5 Å². The summed E-state index contributed by atoms with van der Waals surface area (Å²) >= 11 is 0.449. The van der Waals surface area contributed by atoms with Crippen LogP contribution in [0.2, 0.25) is 0 Å². The molecule has 0 amide bonds. The Balaban J connectivity index is 2.43. The van der Waals surface area contributed by atoms with Crippen LogP contribution in [0.4, 0.5) is 0 Å². The topological polar surface area (TPSA) is 0 Å². The molecule has 0 heterocycles. The average Bonchev–Trinajstić information content (AvgIpc) is 2.03. The van der Waals surface area contributed by atoms with Crippen LogP contribution in [-0.2, 0) is 4.43 Å². The molecule has 0 aliphatic heterocycles. The Morgan fingerprint density at radius 1 is 1.20 bits per heavy atom. The van der Waals surface area contributed by atoms with Crippen molar-refractivity contribution in [2.45, 2.75) is 11.4 Å². The summed E-state index contributed by atoms with van der Waals surface area (Å²) in [5.41, 5.74) is 1.51. The third kappa shape index (κ3) is 2.69. The van der Waals surface area contributed by atoms with Gasteiger partial charge in [-0.05, 0) is 9.99 Å². The van der Waals surface area contributed by atoms with Gasteiger partial charge in [-0.25, -0.2) is 0 Å². The molecule has 0 aromatic heterocycles. The Hall–Kier alpha value is -0.0500. The van der Waals surface area contributed by atoms with Crippen molar-refractivity contribution >= 4 is 21.2 Å². The number of rotatable bonds is 3. The molecule has 0 saturated carbocycles. The number of alkyl halides is 2. The van der Waals surface area contributed by atoms with Gasteiger partial charge in [0.05, 0.1) is 0 Å². The lowest BCUT2D eigenvalue weighted by Crippen LogP contribution is -1.75. The first-order valence-corrected chi connectivity index (χ1v) is 6.56. The van der Waals surface area contributed by atoms with Crippen LogP contribution in [0, 0.1) is 0 Å². The van der Waals surface area contributed by atoms with Gasteiger partial charge in [0.25, 0.3) is 0 Å². The minimum absolute atomic E-state index is 0.449. The van der Waals surface area contributed by atoms with Gasteiger partial charge < -0.3 is 0 Å². The van der Waals surface area contributed by atoms with E-state index in [0.29, 0.717) is 21.2 Å². The number of hydrogen-bond acceptors (Lipinski definition) is 0. The van der Waals surface area contributed by atoms with E-state index >= 15 is 0 Å². The van der Waals surface area contributed by atoms with Gasteiger partial charge in [-0.15, -0.1) is 21.2 Å². The van der Waals surface area contributed by atoms with E-state index in [1.165, 1.54) is 14.4 Å². The van der Waals surface area contributed by atoms with Crippen molar-refractivity contribution in [3.05, 3.63) is 35.9 Å². The summed E-state index contributed by atoms with van der Waals surface area (Å²) in [7, 11) is 0. The highest BCUT2D eigenvalue weighted by Crippen LogP contribution is 2.17. The fourth-order valence-electron chi connectivity index (χ4n) is 0.771. The molecule has 1 rings (SSSR count). The maximum Gasteiger partial charge on any atom is 0.0162 e. The Bertz CT molecular complexity index is 169. The molecule has 0 fully saturated rings. The van der Waals surface area contributed by atoms with Crippen LogP contribution in [0.5, 0.6) is 0 Å². The van der Waals surface area contributed by atoms with Crippen LogP contribution in [0.25, 0.3) is 0 Å². The average molecular weight is 247 g/mol. The van der Waals surface area contributed by atoms with Gasteiger partial charge in [-0.2, -0.15) is 0 Å². The molecule has 0 N–H and O–H groups in total. The van der Waals surface area contributed by atoms with E-state index in [1.807, 2.05) is 0 Å². The summed E-state index contributed by atoms with van der Waals surface area (Å²) in [5.74, 6) is 0. The Morgan fingerprint density at radius 2 is 1.90 bits per heavy atom. The number of benzene rings is 1. The number of halogens is 1. The van der Waals surface area contributed by atoms with E-state index in [4.69, 9.17) is 0 Å². The zero-order chi connectivity index (χ0) is 7.23. The van der Waals surface area contributed by atoms with Crippen molar-refractivity contribution in [3.63, 3.8) is 0 Å². The van der Waals surface area contributed by atoms with Crippen LogP contribution in [0.3, 0.4) is 0 Å². The minimum Gasteiger partial charge on any atom is -0.147 e. The van der Waals surface area contributed by atoms with Crippen LogP contribution in [-0.4, -0.2) is 4.43 Å². The molecule has 1 radical (unpaired) electrons. The summed E-state index contributed by atoms with van der Waals surface area (Å²) in [6.45, 7) is 2.27. The van der Waals surface area contributed by atoms with Gasteiger partial charge >= 0.3 is 0 Å². The molecule has 0 aliphatic rings. The summed E-state index contributed by atoms with van der Waals surface area (Å²) in [5, 5.41) is 0. The van der Waals surface area contributed by atoms with Gasteiger partial charge in [0.1, 0.15) is 0 Å². The fraction of sp³-hybridized carbons (Fsp3) is 0.333. The van der Waals surface area contributed by atoms with Crippen molar-refractivity contribution in [2.75, 3.05) is 4.43 Å². The smallest absolute Gasteiger partial charge is 0.0162 e. The third-order valence-electron chi connectivity index (χ3n) is 1.28. The maximum absolute atomic E-state index is 2.27. The highest BCUT2D eigenvalue weighted by Gasteiger charge is 1.87. The third-order valence-corrected chi connectivity index (χ3v) is 3.78. The summed E-state index contributed by atoms with van der Waals surface area (Å²) in [4.78, 5) is 0. The molecule has 0 unspecified atom stereocenters. The van der Waals surface area contributed by atoms with Crippen molar-refractivity contribution in [1.29, 1.82) is 0 Å². The predicted octanol–water partition coefficient (Wildman–Crippen LogP) is 3.18. The first kappa shape index (κ1) is 8.05. The largest absolute Gasteiger partial charge is 0.147 e. The summed E-state index contributed by atoms with van der Waals surface area (Å²) in [6, 6.07) is 10.8. The van der Waals surface area contributed by atoms with Crippen LogP contribution in [0.15, 0.2) is 30.3 Å². The van der Waals surface area contributed by atoms with E-state index in [9.17, 15) is 0 Å². The van der Waals surface area contributed by atoms with Crippen molar-refractivity contribution in [1.82, 2.24) is 0 Å². The lowest BCUT2D eigenvalue weighted by atomic mass is 10.2. The summed E-state index contributed by atoms with van der Waals surface area (Å²) in [6.07, 6.45) is 0. The lowest BCUT2D eigenvalue weighted by Gasteiger charge is -1.96. The number of hydrogen-bond donors (Lipinski definition) is 0. The predicted molar refractivity (Wildman–Crippen MR) is 54.7 cm³/mol. The Kier molecular flexibility index (Phi) is 3.80. The zero-order valence-corrected chi connectivity index (χ0v) is 8.34. The second-order valence-corrected chi connectivity index (χ2v) is 5.44. The highest BCUT2D eigenvalue weighted by atomic mass is 127. The van der Waals surface area contributed by atoms with Crippen molar-refractivity contribution in [3.8, 4) is 0 Å². The minimum atomic E-state index is 0.449.